The normalized spacial score (nSPS) is 16.4. The molecule has 4 rings (SSSR count). The topological polar surface area (TPSA) is 46.1 Å². The van der Waals surface area contributed by atoms with Gasteiger partial charge < -0.3 is 9.88 Å². The van der Waals surface area contributed by atoms with Gasteiger partial charge in [-0.1, -0.05) is 23.8 Å². The Morgan fingerprint density at radius 2 is 1.78 bits per heavy atom. The molecular weight excluding hydrogens is 332 g/mol. The summed E-state index contributed by atoms with van der Waals surface area (Å²) in [5.74, 6) is 0. The van der Waals surface area contributed by atoms with Crippen LogP contribution in [0.25, 0.3) is 10.9 Å². The lowest BCUT2D eigenvalue weighted by Crippen LogP contribution is -2.47. The summed E-state index contributed by atoms with van der Waals surface area (Å²) < 4.78 is 0. The number of anilines is 1. The molecule has 0 saturated carbocycles. The van der Waals surface area contributed by atoms with Crippen LogP contribution in [0.15, 0.2) is 42.5 Å². The van der Waals surface area contributed by atoms with Crippen LogP contribution in [-0.2, 0) is 0 Å². The number of H-pyrrole nitrogens is 1. The molecule has 3 aromatic rings. The molecule has 1 saturated heterocycles. The first-order valence-electron chi connectivity index (χ1n) is 9.65. The molecule has 2 aromatic carbocycles. The second kappa shape index (κ2) is 7.09. The standard InChI is InChI=1S/C23H26N4/c1-16-12-17(2)23-20(13-16)14-21(25-23)18(3)26-8-10-27(11-9-26)22-7-5-4-6-19(22)15-24/h4-7,12-14,18,25H,8-11H2,1-3H3. The lowest BCUT2D eigenvalue weighted by Gasteiger charge is -2.39. The Morgan fingerprint density at radius 1 is 1.04 bits per heavy atom. The third kappa shape index (κ3) is 3.31. The second-order valence-electron chi connectivity index (χ2n) is 7.60. The van der Waals surface area contributed by atoms with Crippen LogP contribution >= 0.6 is 0 Å². The summed E-state index contributed by atoms with van der Waals surface area (Å²) in [6.07, 6.45) is 0. The summed E-state index contributed by atoms with van der Waals surface area (Å²) in [7, 11) is 0. The Kier molecular flexibility index (Phi) is 4.63. The Hall–Kier alpha value is -2.77. The summed E-state index contributed by atoms with van der Waals surface area (Å²) in [5, 5.41) is 10.7. The van der Waals surface area contributed by atoms with Crippen molar-refractivity contribution in [1.29, 1.82) is 5.26 Å². The summed E-state index contributed by atoms with van der Waals surface area (Å²) in [6, 6.07) is 17.4. The number of aromatic amines is 1. The van der Waals surface area contributed by atoms with Crippen LogP contribution in [0.1, 0.15) is 35.3 Å². The van der Waals surface area contributed by atoms with Crippen LogP contribution < -0.4 is 4.90 Å². The molecule has 138 valence electrons. The molecule has 1 aliphatic heterocycles. The summed E-state index contributed by atoms with van der Waals surface area (Å²) >= 11 is 0. The van der Waals surface area contributed by atoms with Gasteiger partial charge in [0.2, 0.25) is 0 Å². The zero-order valence-electron chi connectivity index (χ0n) is 16.3. The molecule has 1 unspecified atom stereocenters. The van der Waals surface area contributed by atoms with Crippen molar-refractivity contribution in [3.05, 3.63) is 64.8 Å². The van der Waals surface area contributed by atoms with E-state index in [2.05, 4.69) is 65.9 Å². The maximum Gasteiger partial charge on any atom is 0.101 e. The Labute approximate surface area is 161 Å². The van der Waals surface area contributed by atoms with Crippen molar-refractivity contribution in [2.45, 2.75) is 26.8 Å². The van der Waals surface area contributed by atoms with Gasteiger partial charge >= 0.3 is 0 Å². The van der Waals surface area contributed by atoms with Crippen LogP contribution in [0.3, 0.4) is 0 Å². The lowest BCUT2D eigenvalue weighted by molar-refractivity contribution is 0.196. The molecule has 1 N–H and O–H groups in total. The van der Waals surface area contributed by atoms with Crippen molar-refractivity contribution >= 4 is 16.6 Å². The minimum absolute atomic E-state index is 0.352. The van der Waals surface area contributed by atoms with Gasteiger partial charge in [-0.05, 0) is 50.6 Å². The average Bonchev–Trinajstić information content (AvgIpc) is 3.12. The molecule has 0 amide bonds. The number of piperazine rings is 1. The number of nitrogens with one attached hydrogen (secondary N) is 1. The van der Waals surface area contributed by atoms with Crippen LogP contribution in [0.5, 0.6) is 0 Å². The van der Waals surface area contributed by atoms with Crippen LogP contribution in [-0.4, -0.2) is 36.1 Å². The van der Waals surface area contributed by atoms with E-state index in [0.29, 0.717) is 6.04 Å². The molecule has 1 fully saturated rings. The molecule has 0 spiro atoms. The molecule has 0 aliphatic carbocycles. The number of nitrogens with zero attached hydrogens (tertiary/aromatic N) is 3. The summed E-state index contributed by atoms with van der Waals surface area (Å²) in [6.45, 7) is 10.5. The van der Waals surface area contributed by atoms with Gasteiger partial charge in [-0.25, -0.2) is 0 Å². The minimum atomic E-state index is 0.352. The molecule has 1 aliphatic rings. The van der Waals surface area contributed by atoms with Crippen molar-refractivity contribution in [3.63, 3.8) is 0 Å². The third-order valence-corrected chi connectivity index (χ3v) is 5.77. The van der Waals surface area contributed by atoms with Gasteiger partial charge in [-0.15, -0.1) is 0 Å². The van der Waals surface area contributed by atoms with E-state index >= 15 is 0 Å². The fourth-order valence-electron chi connectivity index (χ4n) is 4.25. The SMILES string of the molecule is Cc1cc(C)c2[nH]c(C(C)N3CCN(c4ccccc4C#N)CC3)cc2c1. The van der Waals surface area contributed by atoms with E-state index < -0.39 is 0 Å². The highest BCUT2D eigenvalue weighted by Crippen LogP contribution is 2.29. The maximum atomic E-state index is 9.36. The van der Waals surface area contributed by atoms with Crippen molar-refractivity contribution in [2.75, 3.05) is 31.1 Å². The first-order valence-corrected chi connectivity index (χ1v) is 9.65. The fraction of sp³-hybridized carbons (Fsp3) is 0.348. The number of benzene rings is 2. The molecular formula is C23H26N4. The van der Waals surface area contributed by atoms with Gasteiger partial charge in [0.05, 0.1) is 11.3 Å². The summed E-state index contributed by atoms with van der Waals surface area (Å²) in [4.78, 5) is 8.51. The van der Waals surface area contributed by atoms with Gasteiger partial charge in [-0.3, -0.25) is 4.90 Å². The van der Waals surface area contributed by atoms with Gasteiger partial charge in [0.1, 0.15) is 6.07 Å². The van der Waals surface area contributed by atoms with Gasteiger partial charge in [0, 0.05) is 48.8 Å². The zero-order chi connectivity index (χ0) is 19.0. The van der Waals surface area contributed by atoms with E-state index in [1.165, 1.54) is 27.7 Å². The third-order valence-electron chi connectivity index (χ3n) is 5.77. The second-order valence-corrected chi connectivity index (χ2v) is 7.60. The average molecular weight is 358 g/mol. The maximum absolute atomic E-state index is 9.36. The number of hydrogen-bond acceptors (Lipinski definition) is 3. The Balaban J connectivity index is 1.50. The molecule has 2 heterocycles. The molecule has 0 radical (unpaired) electrons. The van der Waals surface area contributed by atoms with E-state index in [1.807, 2.05) is 18.2 Å². The molecule has 27 heavy (non-hydrogen) atoms. The van der Waals surface area contributed by atoms with Crippen LogP contribution in [0, 0.1) is 25.2 Å². The van der Waals surface area contributed by atoms with E-state index in [9.17, 15) is 5.26 Å². The summed E-state index contributed by atoms with van der Waals surface area (Å²) in [5.41, 5.74) is 6.97. The highest BCUT2D eigenvalue weighted by molar-refractivity contribution is 5.84. The van der Waals surface area contributed by atoms with Crippen molar-refractivity contribution in [2.24, 2.45) is 0 Å². The van der Waals surface area contributed by atoms with E-state index in [0.717, 1.165) is 37.4 Å². The predicted molar refractivity (Wildman–Crippen MR) is 111 cm³/mol. The first kappa shape index (κ1) is 17.6. The van der Waals surface area contributed by atoms with Crippen LogP contribution in [0.2, 0.25) is 0 Å². The number of aromatic nitrogens is 1. The highest BCUT2D eigenvalue weighted by Gasteiger charge is 2.24. The van der Waals surface area contributed by atoms with Gasteiger partial charge in [0.25, 0.3) is 0 Å². The molecule has 4 heteroatoms. The van der Waals surface area contributed by atoms with E-state index in [1.54, 1.807) is 0 Å². The number of nitriles is 1. The number of fused-ring (bicyclic) bond motifs is 1. The first-order chi connectivity index (χ1) is 13.1. The zero-order valence-corrected chi connectivity index (χ0v) is 16.3. The van der Waals surface area contributed by atoms with Gasteiger partial charge in [-0.2, -0.15) is 5.26 Å². The van der Waals surface area contributed by atoms with Crippen molar-refractivity contribution in [3.8, 4) is 6.07 Å². The quantitative estimate of drug-likeness (QED) is 0.748. The number of para-hydroxylation sites is 1. The number of rotatable bonds is 3. The van der Waals surface area contributed by atoms with E-state index in [-0.39, 0.29) is 0 Å². The van der Waals surface area contributed by atoms with Crippen LogP contribution in [0.4, 0.5) is 5.69 Å². The Bertz CT molecular complexity index is 1000. The van der Waals surface area contributed by atoms with Gasteiger partial charge in [0.15, 0.2) is 0 Å². The fourth-order valence-corrected chi connectivity index (χ4v) is 4.25. The lowest BCUT2D eigenvalue weighted by atomic mass is 10.1. The highest BCUT2D eigenvalue weighted by atomic mass is 15.3. The van der Waals surface area contributed by atoms with E-state index in [4.69, 9.17) is 0 Å². The van der Waals surface area contributed by atoms with Crippen molar-refractivity contribution in [1.82, 2.24) is 9.88 Å². The molecule has 4 nitrogen and oxygen atoms in total. The molecule has 0 bridgehead atoms. The number of aryl methyl sites for hydroxylation is 2. The molecule has 1 aromatic heterocycles. The molecule has 1 atom stereocenters. The minimum Gasteiger partial charge on any atom is -0.368 e. The number of hydrogen-bond donors (Lipinski definition) is 1. The monoisotopic (exact) mass is 358 g/mol. The Morgan fingerprint density at radius 3 is 2.52 bits per heavy atom. The van der Waals surface area contributed by atoms with Crippen molar-refractivity contribution < 1.29 is 0 Å². The predicted octanol–water partition coefficient (Wildman–Crippen LogP) is 4.54. The largest absolute Gasteiger partial charge is 0.368 e. The smallest absolute Gasteiger partial charge is 0.101 e.